The number of rotatable bonds is 4. The van der Waals surface area contributed by atoms with Gasteiger partial charge in [0.25, 0.3) is 11.8 Å². The Labute approximate surface area is 131 Å². The third-order valence-electron chi connectivity index (χ3n) is 3.13. The van der Waals surface area contributed by atoms with Crippen LogP contribution < -0.4 is 15.4 Å². The van der Waals surface area contributed by atoms with Crippen molar-refractivity contribution < 1.29 is 23.1 Å². The third-order valence-corrected chi connectivity index (χ3v) is 3.13. The first-order chi connectivity index (χ1) is 11.0. The van der Waals surface area contributed by atoms with E-state index in [2.05, 4.69) is 10.6 Å². The molecule has 0 bridgehead atoms. The predicted octanol–water partition coefficient (Wildman–Crippen LogP) is 2.59. The van der Waals surface area contributed by atoms with Crippen molar-refractivity contribution in [2.75, 3.05) is 19.5 Å². The van der Waals surface area contributed by atoms with E-state index in [4.69, 9.17) is 4.74 Å². The average molecular weight is 320 g/mol. The van der Waals surface area contributed by atoms with E-state index in [-0.39, 0.29) is 16.8 Å². The fourth-order valence-electron chi connectivity index (χ4n) is 1.91. The lowest BCUT2D eigenvalue weighted by Gasteiger charge is -2.12. The molecule has 5 nitrogen and oxygen atoms in total. The van der Waals surface area contributed by atoms with Gasteiger partial charge in [-0.05, 0) is 36.4 Å². The van der Waals surface area contributed by atoms with Crippen LogP contribution in [0.2, 0.25) is 0 Å². The van der Waals surface area contributed by atoms with Crippen molar-refractivity contribution in [3.63, 3.8) is 0 Å². The van der Waals surface area contributed by atoms with Crippen LogP contribution in [0.3, 0.4) is 0 Å². The summed E-state index contributed by atoms with van der Waals surface area (Å²) in [5, 5.41) is 4.94. The number of carbonyl (C=O) groups excluding carboxylic acids is 2. The minimum Gasteiger partial charge on any atom is -0.497 e. The molecule has 0 atom stereocenters. The van der Waals surface area contributed by atoms with Crippen molar-refractivity contribution in [1.82, 2.24) is 5.32 Å². The second kappa shape index (κ2) is 6.87. The summed E-state index contributed by atoms with van der Waals surface area (Å²) >= 11 is 0. The number of hydrogen-bond donors (Lipinski definition) is 2. The maximum Gasteiger partial charge on any atom is 0.255 e. The highest BCUT2D eigenvalue weighted by atomic mass is 19.2. The number of ether oxygens (including phenoxy) is 1. The van der Waals surface area contributed by atoms with Gasteiger partial charge < -0.3 is 15.4 Å². The van der Waals surface area contributed by atoms with Gasteiger partial charge in [-0.1, -0.05) is 0 Å². The van der Waals surface area contributed by atoms with Crippen LogP contribution in [0.1, 0.15) is 20.7 Å². The van der Waals surface area contributed by atoms with Crippen LogP contribution >= 0.6 is 0 Å². The minimum atomic E-state index is -1.13. The predicted molar refractivity (Wildman–Crippen MR) is 80.7 cm³/mol. The van der Waals surface area contributed by atoms with Gasteiger partial charge in [0.2, 0.25) is 0 Å². The van der Waals surface area contributed by atoms with Crippen molar-refractivity contribution in [3.8, 4) is 5.75 Å². The number of benzene rings is 2. The molecule has 120 valence electrons. The quantitative estimate of drug-likeness (QED) is 0.910. The van der Waals surface area contributed by atoms with E-state index in [1.807, 2.05) is 0 Å². The topological polar surface area (TPSA) is 67.4 Å². The zero-order chi connectivity index (χ0) is 17.0. The molecule has 0 fully saturated rings. The molecule has 2 N–H and O–H groups in total. The van der Waals surface area contributed by atoms with E-state index in [0.29, 0.717) is 5.75 Å². The molecule has 0 radical (unpaired) electrons. The SMILES string of the molecule is CNC(=O)c1cc(OC)ccc1NC(=O)c1ccc(F)c(F)c1. The van der Waals surface area contributed by atoms with Gasteiger partial charge in [-0.15, -0.1) is 0 Å². The Morgan fingerprint density at radius 3 is 2.35 bits per heavy atom. The fraction of sp³-hybridized carbons (Fsp3) is 0.125. The molecule has 2 amide bonds. The van der Waals surface area contributed by atoms with Crippen LogP contribution in [0.15, 0.2) is 36.4 Å². The molecule has 2 rings (SSSR count). The van der Waals surface area contributed by atoms with E-state index in [1.54, 1.807) is 6.07 Å². The molecule has 0 aliphatic rings. The molecule has 7 heteroatoms. The number of anilines is 1. The third kappa shape index (κ3) is 3.63. The van der Waals surface area contributed by atoms with Gasteiger partial charge in [0.1, 0.15) is 5.75 Å². The molecule has 0 saturated carbocycles. The first-order valence-corrected chi connectivity index (χ1v) is 6.62. The largest absolute Gasteiger partial charge is 0.497 e. The first kappa shape index (κ1) is 16.4. The number of halogens is 2. The van der Waals surface area contributed by atoms with Crippen molar-refractivity contribution in [1.29, 1.82) is 0 Å². The molecule has 0 saturated heterocycles. The van der Waals surface area contributed by atoms with Gasteiger partial charge in [-0.25, -0.2) is 8.78 Å². The van der Waals surface area contributed by atoms with Crippen LogP contribution in [0.5, 0.6) is 5.75 Å². The summed E-state index contributed by atoms with van der Waals surface area (Å²) in [5.74, 6) is -2.82. The van der Waals surface area contributed by atoms with Gasteiger partial charge in [-0.3, -0.25) is 9.59 Å². The van der Waals surface area contributed by atoms with E-state index in [9.17, 15) is 18.4 Å². The van der Waals surface area contributed by atoms with Gasteiger partial charge in [0, 0.05) is 12.6 Å². The Morgan fingerprint density at radius 2 is 1.74 bits per heavy atom. The van der Waals surface area contributed by atoms with Crippen LogP contribution in [0, 0.1) is 11.6 Å². The highest BCUT2D eigenvalue weighted by Crippen LogP contribution is 2.23. The zero-order valence-corrected chi connectivity index (χ0v) is 12.4. The number of methoxy groups -OCH3 is 1. The Kier molecular flexibility index (Phi) is 4.90. The van der Waals surface area contributed by atoms with Crippen molar-refractivity contribution in [2.24, 2.45) is 0 Å². The maximum absolute atomic E-state index is 13.2. The monoisotopic (exact) mass is 320 g/mol. The molecule has 0 spiro atoms. The van der Waals surface area contributed by atoms with Crippen LogP contribution in [0.4, 0.5) is 14.5 Å². The first-order valence-electron chi connectivity index (χ1n) is 6.62. The number of nitrogens with one attached hydrogen (secondary N) is 2. The minimum absolute atomic E-state index is 0.0671. The fourth-order valence-corrected chi connectivity index (χ4v) is 1.91. The van der Waals surface area contributed by atoms with Gasteiger partial charge in [0.15, 0.2) is 11.6 Å². The van der Waals surface area contributed by atoms with Gasteiger partial charge in [0.05, 0.1) is 18.4 Å². The Hall–Kier alpha value is -2.96. The van der Waals surface area contributed by atoms with E-state index in [1.165, 1.54) is 26.3 Å². The molecule has 0 heterocycles. The van der Waals surface area contributed by atoms with Crippen molar-refractivity contribution in [3.05, 3.63) is 59.2 Å². The summed E-state index contributed by atoms with van der Waals surface area (Å²) < 4.78 is 31.2. The normalized spacial score (nSPS) is 10.1. The zero-order valence-electron chi connectivity index (χ0n) is 12.4. The lowest BCUT2D eigenvalue weighted by atomic mass is 10.1. The molecule has 2 aromatic carbocycles. The average Bonchev–Trinajstić information content (AvgIpc) is 2.56. The standard InChI is InChI=1S/C16H14F2N2O3/c1-19-16(22)11-8-10(23-2)4-6-14(11)20-15(21)9-3-5-12(17)13(18)7-9/h3-8H,1-2H3,(H,19,22)(H,20,21). The highest BCUT2D eigenvalue weighted by molar-refractivity contribution is 6.09. The second-order valence-corrected chi connectivity index (χ2v) is 4.57. The summed E-state index contributed by atoms with van der Waals surface area (Å²) in [6.07, 6.45) is 0. The Balaban J connectivity index is 2.33. The molecular weight excluding hydrogens is 306 g/mol. The maximum atomic E-state index is 13.2. The van der Waals surface area contributed by atoms with Crippen LogP contribution in [-0.4, -0.2) is 26.0 Å². The Bertz CT molecular complexity index is 763. The Morgan fingerprint density at radius 1 is 1.00 bits per heavy atom. The smallest absolute Gasteiger partial charge is 0.255 e. The summed E-state index contributed by atoms with van der Waals surface area (Å²) in [7, 11) is 2.89. The molecule has 0 aliphatic heterocycles. The highest BCUT2D eigenvalue weighted by Gasteiger charge is 2.16. The van der Waals surface area contributed by atoms with Crippen LogP contribution in [-0.2, 0) is 0 Å². The molecule has 0 unspecified atom stereocenters. The van der Waals surface area contributed by atoms with Crippen molar-refractivity contribution in [2.45, 2.75) is 0 Å². The summed E-state index contributed by atoms with van der Waals surface area (Å²) in [5.41, 5.74) is 0.338. The lowest BCUT2D eigenvalue weighted by Crippen LogP contribution is -2.21. The van der Waals surface area contributed by atoms with E-state index >= 15 is 0 Å². The number of amides is 2. The summed E-state index contributed by atoms with van der Waals surface area (Å²) in [4.78, 5) is 24.0. The molecular formula is C16H14F2N2O3. The molecule has 23 heavy (non-hydrogen) atoms. The lowest BCUT2D eigenvalue weighted by molar-refractivity contribution is 0.0963. The van der Waals surface area contributed by atoms with Gasteiger partial charge in [-0.2, -0.15) is 0 Å². The molecule has 2 aromatic rings. The number of carbonyl (C=O) groups is 2. The van der Waals surface area contributed by atoms with Crippen LogP contribution in [0.25, 0.3) is 0 Å². The van der Waals surface area contributed by atoms with Crippen molar-refractivity contribution >= 4 is 17.5 Å². The summed E-state index contributed by atoms with van der Waals surface area (Å²) in [6, 6.07) is 7.30. The summed E-state index contributed by atoms with van der Waals surface area (Å²) in [6.45, 7) is 0. The van der Waals surface area contributed by atoms with E-state index in [0.717, 1.165) is 18.2 Å². The molecule has 0 aliphatic carbocycles. The number of hydrogen-bond acceptors (Lipinski definition) is 3. The van der Waals surface area contributed by atoms with E-state index < -0.39 is 23.4 Å². The van der Waals surface area contributed by atoms with Gasteiger partial charge >= 0.3 is 0 Å². The molecule has 0 aromatic heterocycles. The second-order valence-electron chi connectivity index (χ2n) is 4.57.